The molecule has 5 heteroatoms. The summed E-state index contributed by atoms with van der Waals surface area (Å²) in [7, 11) is 0. The standard InChI is InChI=1S/C14H27N3O2/c1-11(10-17-6-8-19-9-7-17)16-14(18)13-4-3-5-15-12(13)2/h11-13,15H,3-10H2,1-2H3,(H,16,18). The molecule has 2 heterocycles. The molecule has 110 valence electrons. The van der Waals surface area contributed by atoms with Crippen LogP contribution in [0.15, 0.2) is 0 Å². The van der Waals surface area contributed by atoms with Gasteiger partial charge in [0.05, 0.1) is 19.1 Å². The lowest BCUT2D eigenvalue weighted by molar-refractivity contribution is -0.127. The van der Waals surface area contributed by atoms with Gasteiger partial charge < -0.3 is 15.4 Å². The zero-order valence-electron chi connectivity index (χ0n) is 12.2. The van der Waals surface area contributed by atoms with E-state index in [-0.39, 0.29) is 17.9 Å². The first-order valence-electron chi connectivity index (χ1n) is 7.50. The first kappa shape index (κ1) is 14.8. The topological polar surface area (TPSA) is 53.6 Å². The van der Waals surface area contributed by atoms with E-state index in [0.717, 1.165) is 52.2 Å². The van der Waals surface area contributed by atoms with E-state index < -0.39 is 0 Å². The van der Waals surface area contributed by atoms with Gasteiger partial charge in [0.25, 0.3) is 0 Å². The fourth-order valence-electron chi connectivity index (χ4n) is 2.97. The summed E-state index contributed by atoms with van der Waals surface area (Å²) in [5.74, 6) is 0.335. The van der Waals surface area contributed by atoms with E-state index in [9.17, 15) is 4.79 Å². The molecule has 2 N–H and O–H groups in total. The summed E-state index contributed by atoms with van der Waals surface area (Å²) in [6.07, 6.45) is 2.10. The van der Waals surface area contributed by atoms with Crippen molar-refractivity contribution in [3.8, 4) is 0 Å². The number of amides is 1. The van der Waals surface area contributed by atoms with Crippen LogP contribution in [-0.4, -0.2) is 62.3 Å². The number of carbonyl (C=O) groups is 1. The molecule has 3 unspecified atom stereocenters. The minimum atomic E-state index is 0.126. The van der Waals surface area contributed by atoms with Gasteiger partial charge in [-0.25, -0.2) is 0 Å². The minimum absolute atomic E-state index is 0.126. The van der Waals surface area contributed by atoms with E-state index in [1.165, 1.54) is 0 Å². The van der Waals surface area contributed by atoms with Crippen molar-refractivity contribution in [3.63, 3.8) is 0 Å². The van der Waals surface area contributed by atoms with Crippen molar-refractivity contribution in [3.05, 3.63) is 0 Å². The largest absolute Gasteiger partial charge is 0.379 e. The van der Waals surface area contributed by atoms with Gasteiger partial charge in [0.2, 0.25) is 5.91 Å². The lowest BCUT2D eigenvalue weighted by atomic mass is 9.91. The SMILES string of the molecule is CC(CN1CCOCC1)NC(=O)C1CCCNC1C. The summed E-state index contributed by atoms with van der Waals surface area (Å²) in [4.78, 5) is 14.6. The fourth-order valence-corrected chi connectivity index (χ4v) is 2.97. The van der Waals surface area contributed by atoms with Gasteiger partial charge in [0, 0.05) is 31.7 Å². The Balaban J connectivity index is 1.74. The Kier molecular flexibility index (Phi) is 5.60. The normalized spacial score (nSPS) is 30.8. The molecule has 0 aliphatic carbocycles. The maximum absolute atomic E-state index is 12.3. The molecule has 19 heavy (non-hydrogen) atoms. The van der Waals surface area contributed by atoms with Crippen molar-refractivity contribution in [2.75, 3.05) is 39.4 Å². The lowest BCUT2D eigenvalue weighted by Gasteiger charge is -2.32. The summed E-state index contributed by atoms with van der Waals surface area (Å²) >= 11 is 0. The van der Waals surface area contributed by atoms with Crippen LogP contribution in [0.3, 0.4) is 0 Å². The Hall–Kier alpha value is -0.650. The molecular weight excluding hydrogens is 242 g/mol. The molecule has 0 aromatic carbocycles. The zero-order valence-corrected chi connectivity index (χ0v) is 12.2. The van der Waals surface area contributed by atoms with E-state index >= 15 is 0 Å². The van der Waals surface area contributed by atoms with E-state index in [0.29, 0.717) is 6.04 Å². The van der Waals surface area contributed by atoms with Crippen LogP contribution in [-0.2, 0) is 9.53 Å². The quantitative estimate of drug-likeness (QED) is 0.766. The number of piperidine rings is 1. The maximum atomic E-state index is 12.3. The van der Waals surface area contributed by atoms with Gasteiger partial charge in [-0.15, -0.1) is 0 Å². The number of morpholine rings is 1. The predicted octanol–water partition coefficient (Wildman–Crippen LogP) is 0.211. The number of nitrogens with one attached hydrogen (secondary N) is 2. The Morgan fingerprint density at radius 3 is 2.89 bits per heavy atom. The molecule has 2 rings (SSSR count). The van der Waals surface area contributed by atoms with Crippen molar-refractivity contribution in [1.29, 1.82) is 0 Å². The first-order valence-corrected chi connectivity index (χ1v) is 7.50. The number of ether oxygens (including phenoxy) is 1. The predicted molar refractivity (Wildman–Crippen MR) is 75.1 cm³/mol. The average Bonchev–Trinajstić information content (AvgIpc) is 2.40. The Labute approximate surface area is 116 Å². The molecule has 2 saturated heterocycles. The monoisotopic (exact) mass is 269 g/mol. The smallest absolute Gasteiger partial charge is 0.224 e. The van der Waals surface area contributed by atoms with E-state index in [2.05, 4.69) is 29.4 Å². The van der Waals surface area contributed by atoms with Crippen LogP contribution in [0.5, 0.6) is 0 Å². The highest BCUT2D eigenvalue weighted by Gasteiger charge is 2.28. The molecule has 2 aliphatic heterocycles. The second-order valence-corrected chi connectivity index (χ2v) is 5.81. The highest BCUT2D eigenvalue weighted by atomic mass is 16.5. The van der Waals surface area contributed by atoms with Crippen LogP contribution in [0.1, 0.15) is 26.7 Å². The molecule has 0 saturated carbocycles. The van der Waals surface area contributed by atoms with Crippen LogP contribution >= 0.6 is 0 Å². The number of carbonyl (C=O) groups excluding carboxylic acids is 1. The number of hydrogen-bond donors (Lipinski definition) is 2. The summed E-state index contributed by atoms with van der Waals surface area (Å²) < 4.78 is 5.33. The van der Waals surface area contributed by atoms with Crippen molar-refractivity contribution in [2.45, 2.75) is 38.8 Å². The van der Waals surface area contributed by atoms with Gasteiger partial charge in [-0.3, -0.25) is 9.69 Å². The highest BCUT2D eigenvalue weighted by Crippen LogP contribution is 2.16. The van der Waals surface area contributed by atoms with Crippen molar-refractivity contribution < 1.29 is 9.53 Å². The maximum Gasteiger partial charge on any atom is 0.224 e. The van der Waals surface area contributed by atoms with Gasteiger partial charge >= 0.3 is 0 Å². The molecule has 0 bridgehead atoms. The zero-order chi connectivity index (χ0) is 13.7. The fraction of sp³-hybridized carbons (Fsp3) is 0.929. The second kappa shape index (κ2) is 7.22. The van der Waals surface area contributed by atoms with Crippen LogP contribution in [0.25, 0.3) is 0 Å². The van der Waals surface area contributed by atoms with Crippen LogP contribution in [0.2, 0.25) is 0 Å². The van der Waals surface area contributed by atoms with Crippen LogP contribution in [0.4, 0.5) is 0 Å². The molecule has 0 spiro atoms. The molecule has 0 radical (unpaired) electrons. The van der Waals surface area contributed by atoms with Gasteiger partial charge in [-0.2, -0.15) is 0 Å². The molecule has 3 atom stereocenters. The molecule has 0 aromatic heterocycles. The van der Waals surface area contributed by atoms with Gasteiger partial charge in [-0.1, -0.05) is 0 Å². The Morgan fingerprint density at radius 2 is 2.21 bits per heavy atom. The Bertz CT molecular complexity index is 292. The van der Waals surface area contributed by atoms with E-state index in [1.54, 1.807) is 0 Å². The van der Waals surface area contributed by atoms with Gasteiger partial charge in [0.15, 0.2) is 0 Å². The first-order chi connectivity index (χ1) is 9.16. The molecule has 2 aliphatic rings. The van der Waals surface area contributed by atoms with Crippen molar-refractivity contribution >= 4 is 5.91 Å². The highest BCUT2D eigenvalue weighted by molar-refractivity contribution is 5.79. The summed E-state index contributed by atoms with van der Waals surface area (Å²) in [5.41, 5.74) is 0. The summed E-state index contributed by atoms with van der Waals surface area (Å²) in [6, 6.07) is 0.504. The molecular formula is C14H27N3O2. The number of nitrogens with zero attached hydrogens (tertiary/aromatic N) is 1. The lowest BCUT2D eigenvalue weighted by Crippen LogP contribution is -2.51. The third-order valence-corrected chi connectivity index (χ3v) is 4.12. The summed E-state index contributed by atoms with van der Waals surface area (Å²) in [5, 5.41) is 6.55. The molecule has 1 amide bonds. The molecule has 5 nitrogen and oxygen atoms in total. The van der Waals surface area contributed by atoms with Gasteiger partial charge in [0.1, 0.15) is 0 Å². The average molecular weight is 269 g/mol. The molecule has 0 aromatic rings. The van der Waals surface area contributed by atoms with Crippen LogP contribution < -0.4 is 10.6 Å². The van der Waals surface area contributed by atoms with E-state index in [4.69, 9.17) is 4.74 Å². The van der Waals surface area contributed by atoms with Crippen LogP contribution in [0, 0.1) is 5.92 Å². The number of hydrogen-bond acceptors (Lipinski definition) is 4. The number of rotatable bonds is 4. The second-order valence-electron chi connectivity index (χ2n) is 5.81. The Morgan fingerprint density at radius 1 is 1.47 bits per heavy atom. The summed E-state index contributed by atoms with van der Waals surface area (Å²) in [6.45, 7) is 9.72. The third kappa shape index (κ3) is 4.44. The third-order valence-electron chi connectivity index (χ3n) is 4.12. The minimum Gasteiger partial charge on any atom is -0.379 e. The van der Waals surface area contributed by atoms with Gasteiger partial charge in [-0.05, 0) is 33.2 Å². The van der Waals surface area contributed by atoms with E-state index in [1.807, 2.05) is 0 Å². The van der Waals surface area contributed by atoms with Crippen molar-refractivity contribution in [1.82, 2.24) is 15.5 Å². The van der Waals surface area contributed by atoms with Crippen molar-refractivity contribution in [2.24, 2.45) is 5.92 Å². The molecule has 2 fully saturated rings.